The Balaban J connectivity index is 2.14. The first-order valence-corrected chi connectivity index (χ1v) is 5.81. The largest absolute Gasteiger partial charge is 0.465 e. The molecule has 1 N–H and O–H groups in total. The molecule has 1 fully saturated rings. The number of methoxy groups -OCH3 is 1. The molecule has 0 radical (unpaired) electrons. The fourth-order valence-corrected chi connectivity index (χ4v) is 2.14. The zero-order valence-corrected chi connectivity index (χ0v) is 10.3. The maximum Gasteiger partial charge on any atom is 0.337 e. The predicted molar refractivity (Wildman–Crippen MR) is 66.0 cm³/mol. The minimum Gasteiger partial charge on any atom is -0.465 e. The third-order valence-corrected chi connectivity index (χ3v) is 3.23. The number of esters is 1. The summed E-state index contributed by atoms with van der Waals surface area (Å²) in [5.74, 6) is -0.285. The number of piperazine rings is 1. The van der Waals surface area contributed by atoms with Crippen LogP contribution in [0.2, 0.25) is 0 Å². The molecule has 0 aromatic heterocycles. The molecule has 1 aliphatic rings. The number of likely N-dealkylation sites (N-methyl/N-ethyl adjacent to an activating group) is 1. The van der Waals surface area contributed by atoms with Crippen LogP contribution in [0.3, 0.4) is 0 Å². The van der Waals surface area contributed by atoms with Gasteiger partial charge < -0.3 is 10.1 Å². The summed E-state index contributed by atoms with van der Waals surface area (Å²) in [6.07, 6.45) is 0. The molecule has 17 heavy (non-hydrogen) atoms. The van der Waals surface area contributed by atoms with Crippen LogP contribution < -0.4 is 5.32 Å². The van der Waals surface area contributed by atoms with Gasteiger partial charge in [0, 0.05) is 25.7 Å². The van der Waals surface area contributed by atoms with Gasteiger partial charge >= 0.3 is 5.97 Å². The Morgan fingerprint density at radius 1 is 1.41 bits per heavy atom. The van der Waals surface area contributed by atoms with E-state index in [1.807, 2.05) is 24.3 Å². The molecule has 2 rings (SSSR count). The van der Waals surface area contributed by atoms with Crippen molar-refractivity contribution in [2.75, 3.05) is 33.8 Å². The first kappa shape index (κ1) is 12.1. The van der Waals surface area contributed by atoms with Crippen LogP contribution in [0.4, 0.5) is 0 Å². The number of carbonyl (C=O) groups is 1. The van der Waals surface area contributed by atoms with E-state index >= 15 is 0 Å². The molecule has 1 heterocycles. The van der Waals surface area contributed by atoms with Crippen molar-refractivity contribution >= 4 is 5.97 Å². The van der Waals surface area contributed by atoms with Gasteiger partial charge in [-0.2, -0.15) is 0 Å². The predicted octanol–water partition coefficient (Wildman–Crippen LogP) is 1.05. The summed E-state index contributed by atoms with van der Waals surface area (Å²) in [7, 11) is 3.52. The lowest BCUT2D eigenvalue weighted by Crippen LogP contribution is -2.43. The Morgan fingerprint density at radius 3 is 2.71 bits per heavy atom. The summed E-state index contributed by atoms with van der Waals surface area (Å²) >= 11 is 0. The van der Waals surface area contributed by atoms with Crippen LogP contribution in [0.25, 0.3) is 0 Å². The van der Waals surface area contributed by atoms with Gasteiger partial charge in [-0.15, -0.1) is 0 Å². The smallest absolute Gasteiger partial charge is 0.337 e. The highest BCUT2D eigenvalue weighted by Gasteiger charge is 2.20. The van der Waals surface area contributed by atoms with Crippen molar-refractivity contribution in [3.8, 4) is 0 Å². The lowest BCUT2D eigenvalue weighted by Gasteiger charge is -2.33. The number of nitrogens with one attached hydrogen (secondary N) is 1. The fourth-order valence-electron chi connectivity index (χ4n) is 2.14. The van der Waals surface area contributed by atoms with Gasteiger partial charge in [0.25, 0.3) is 0 Å². The fraction of sp³-hybridized carbons (Fsp3) is 0.462. The second-order valence-corrected chi connectivity index (χ2v) is 4.31. The standard InChI is InChI=1S/C13H18N2O2/c1-15-8-7-14-9-12(15)10-3-5-11(6-4-10)13(16)17-2/h3-6,12,14H,7-9H2,1-2H3. The summed E-state index contributed by atoms with van der Waals surface area (Å²) in [6, 6.07) is 8.03. The van der Waals surface area contributed by atoms with E-state index in [0.29, 0.717) is 11.6 Å². The van der Waals surface area contributed by atoms with Crippen molar-refractivity contribution in [2.24, 2.45) is 0 Å². The molecule has 0 spiro atoms. The summed E-state index contributed by atoms with van der Waals surface area (Å²) in [6.45, 7) is 3.03. The van der Waals surface area contributed by atoms with Crippen LogP contribution in [-0.2, 0) is 4.74 Å². The molecule has 4 heteroatoms. The van der Waals surface area contributed by atoms with E-state index in [0.717, 1.165) is 19.6 Å². The molecule has 1 unspecified atom stereocenters. The average molecular weight is 234 g/mol. The summed E-state index contributed by atoms with van der Waals surface area (Å²) in [4.78, 5) is 13.6. The number of benzene rings is 1. The SMILES string of the molecule is COC(=O)c1ccc(C2CNCCN2C)cc1. The summed E-state index contributed by atoms with van der Waals surface area (Å²) in [5.41, 5.74) is 1.83. The van der Waals surface area contributed by atoms with Gasteiger partial charge in [-0.1, -0.05) is 12.1 Å². The molecule has 1 saturated heterocycles. The molecule has 1 aliphatic heterocycles. The Bertz CT molecular complexity index is 389. The third-order valence-electron chi connectivity index (χ3n) is 3.23. The number of hydrogen-bond acceptors (Lipinski definition) is 4. The van der Waals surface area contributed by atoms with E-state index in [2.05, 4.69) is 22.0 Å². The Kier molecular flexibility index (Phi) is 3.76. The number of carbonyl (C=O) groups excluding carboxylic acids is 1. The van der Waals surface area contributed by atoms with Crippen molar-refractivity contribution in [1.82, 2.24) is 10.2 Å². The van der Waals surface area contributed by atoms with Gasteiger partial charge in [-0.3, -0.25) is 4.90 Å². The van der Waals surface area contributed by atoms with Crippen LogP contribution in [0.1, 0.15) is 22.0 Å². The minimum absolute atomic E-state index is 0.285. The summed E-state index contributed by atoms with van der Waals surface area (Å²) in [5, 5.41) is 3.38. The normalized spacial score (nSPS) is 21.2. The monoisotopic (exact) mass is 234 g/mol. The highest BCUT2D eigenvalue weighted by molar-refractivity contribution is 5.89. The molecule has 0 saturated carbocycles. The average Bonchev–Trinajstić information content (AvgIpc) is 2.39. The van der Waals surface area contributed by atoms with E-state index in [-0.39, 0.29) is 5.97 Å². The number of hydrogen-bond donors (Lipinski definition) is 1. The third kappa shape index (κ3) is 2.65. The Labute approximate surface area is 102 Å². The molecule has 4 nitrogen and oxygen atoms in total. The second kappa shape index (κ2) is 5.29. The van der Waals surface area contributed by atoms with E-state index in [1.54, 1.807) is 0 Å². The van der Waals surface area contributed by atoms with Crippen molar-refractivity contribution in [2.45, 2.75) is 6.04 Å². The van der Waals surface area contributed by atoms with E-state index in [4.69, 9.17) is 0 Å². The highest BCUT2D eigenvalue weighted by Crippen LogP contribution is 2.20. The molecule has 92 valence electrons. The molecule has 1 aromatic carbocycles. The molecule has 0 bridgehead atoms. The maximum atomic E-state index is 11.3. The molecular formula is C13H18N2O2. The van der Waals surface area contributed by atoms with Crippen molar-refractivity contribution < 1.29 is 9.53 Å². The van der Waals surface area contributed by atoms with Crippen LogP contribution in [0, 0.1) is 0 Å². The number of rotatable bonds is 2. The van der Waals surface area contributed by atoms with Gasteiger partial charge in [-0.05, 0) is 24.7 Å². The van der Waals surface area contributed by atoms with Gasteiger partial charge in [0.1, 0.15) is 0 Å². The maximum absolute atomic E-state index is 11.3. The molecule has 1 aromatic rings. The Hall–Kier alpha value is -1.39. The lowest BCUT2D eigenvalue weighted by molar-refractivity contribution is 0.0600. The number of ether oxygens (including phenoxy) is 1. The van der Waals surface area contributed by atoms with Gasteiger partial charge in [-0.25, -0.2) is 4.79 Å². The minimum atomic E-state index is -0.285. The molecule has 0 aliphatic carbocycles. The summed E-state index contributed by atoms with van der Waals surface area (Å²) < 4.78 is 4.68. The first-order chi connectivity index (χ1) is 8.22. The highest BCUT2D eigenvalue weighted by atomic mass is 16.5. The van der Waals surface area contributed by atoms with E-state index in [1.165, 1.54) is 12.7 Å². The van der Waals surface area contributed by atoms with E-state index < -0.39 is 0 Å². The molecule has 1 atom stereocenters. The van der Waals surface area contributed by atoms with Gasteiger partial charge in [0.15, 0.2) is 0 Å². The topological polar surface area (TPSA) is 41.6 Å². The molecule has 0 amide bonds. The van der Waals surface area contributed by atoms with Crippen molar-refractivity contribution in [3.63, 3.8) is 0 Å². The zero-order chi connectivity index (χ0) is 12.3. The quantitative estimate of drug-likeness (QED) is 0.777. The number of nitrogens with zero attached hydrogens (tertiary/aromatic N) is 1. The lowest BCUT2D eigenvalue weighted by atomic mass is 10.0. The van der Waals surface area contributed by atoms with Crippen LogP contribution in [0.15, 0.2) is 24.3 Å². The van der Waals surface area contributed by atoms with Crippen molar-refractivity contribution in [1.29, 1.82) is 0 Å². The van der Waals surface area contributed by atoms with Crippen LogP contribution in [-0.4, -0.2) is 44.7 Å². The van der Waals surface area contributed by atoms with E-state index in [9.17, 15) is 4.79 Å². The second-order valence-electron chi connectivity index (χ2n) is 4.31. The zero-order valence-electron chi connectivity index (χ0n) is 10.3. The molecular weight excluding hydrogens is 216 g/mol. The first-order valence-electron chi connectivity index (χ1n) is 5.81. The van der Waals surface area contributed by atoms with Gasteiger partial charge in [0.05, 0.1) is 12.7 Å². The van der Waals surface area contributed by atoms with Crippen molar-refractivity contribution in [3.05, 3.63) is 35.4 Å². The van der Waals surface area contributed by atoms with Crippen LogP contribution >= 0.6 is 0 Å². The Morgan fingerprint density at radius 2 is 2.12 bits per heavy atom. The van der Waals surface area contributed by atoms with Gasteiger partial charge in [0.2, 0.25) is 0 Å². The van der Waals surface area contributed by atoms with Crippen LogP contribution in [0.5, 0.6) is 0 Å².